The van der Waals surface area contributed by atoms with Gasteiger partial charge in [-0.2, -0.15) is 5.10 Å². The molecule has 0 fully saturated rings. The highest BCUT2D eigenvalue weighted by molar-refractivity contribution is 5.67. The Labute approximate surface area is 114 Å². The molecule has 1 aromatic carbocycles. The molecule has 1 heterocycles. The van der Waals surface area contributed by atoms with Gasteiger partial charge in [0.15, 0.2) is 0 Å². The Balaban J connectivity index is 2.44. The van der Waals surface area contributed by atoms with Crippen molar-refractivity contribution >= 4 is 5.69 Å². The zero-order chi connectivity index (χ0) is 14.0. The Bertz CT molecular complexity index is 558. The summed E-state index contributed by atoms with van der Waals surface area (Å²) in [5.74, 6) is 0.793. The van der Waals surface area contributed by atoms with Crippen molar-refractivity contribution in [3.63, 3.8) is 0 Å². The maximum Gasteiger partial charge on any atom is 0.122 e. The maximum absolute atomic E-state index is 5.96. The lowest BCUT2D eigenvalue weighted by atomic mass is 10.1. The van der Waals surface area contributed by atoms with Gasteiger partial charge in [0.2, 0.25) is 0 Å². The van der Waals surface area contributed by atoms with Crippen LogP contribution in [0, 0.1) is 0 Å². The van der Waals surface area contributed by atoms with Crippen molar-refractivity contribution in [2.24, 2.45) is 0 Å². The van der Waals surface area contributed by atoms with Crippen LogP contribution in [0.5, 0.6) is 5.75 Å². The van der Waals surface area contributed by atoms with E-state index in [9.17, 15) is 0 Å². The van der Waals surface area contributed by atoms with Crippen molar-refractivity contribution < 1.29 is 4.74 Å². The molecule has 0 aliphatic carbocycles. The third kappa shape index (κ3) is 3.08. The van der Waals surface area contributed by atoms with Gasteiger partial charge in [-0.25, -0.2) is 0 Å². The highest BCUT2D eigenvalue weighted by atomic mass is 16.5. The minimum absolute atomic E-state index is 0.129. The van der Waals surface area contributed by atoms with Crippen molar-refractivity contribution in [3.8, 4) is 17.0 Å². The Morgan fingerprint density at radius 2 is 1.89 bits per heavy atom. The van der Waals surface area contributed by atoms with Crippen LogP contribution in [0.2, 0.25) is 0 Å². The summed E-state index contributed by atoms with van der Waals surface area (Å²) < 4.78 is 7.70. The number of hydrogen-bond acceptors (Lipinski definition) is 3. The topological polar surface area (TPSA) is 53.1 Å². The normalized spacial score (nSPS) is 11.3. The summed E-state index contributed by atoms with van der Waals surface area (Å²) in [5.41, 5.74) is 8.74. The Morgan fingerprint density at radius 1 is 1.16 bits per heavy atom. The van der Waals surface area contributed by atoms with Crippen LogP contribution in [0.25, 0.3) is 11.3 Å². The van der Waals surface area contributed by atoms with Crippen LogP contribution in [0.15, 0.2) is 30.5 Å². The third-order valence-corrected chi connectivity index (χ3v) is 2.76. The lowest BCUT2D eigenvalue weighted by Gasteiger charge is -2.14. The zero-order valence-corrected chi connectivity index (χ0v) is 11.9. The molecule has 102 valence electrons. The molecule has 4 heteroatoms. The summed E-state index contributed by atoms with van der Waals surface area (Å²) in [6, 6.07) is 8.10. The van der Waals surface area contributed by atoms with E-state index in [-0.39, 0.29) is 6.10 Å². The van der Waals surface area contributed by atoms with Crippen LogP contribution in [-0.4, -0.2) is 15.9 Å². The van der Waals surface area contributed by atoms with Crippen LogP contribution >= 0.6 is 0 Å². The average molecular weight is 259 g/mol. The number of nitrogens with zero attached hydrogens (tertiary/aromatic N) is 2. The molecule has 19 heavy (non-hydrogen) atoms. The molecule has 0 radical (unpaired) electrons. The summed E-state index contributed by atoms with van der Waals surface area (Å²) in [6.45, 7) is 8.21. The molecule has 0 unspecified atom stereocenters. The molecule has 0 amide bonds. The number of rotatable bonds is 4. The number of benzene rings is 1. The van der Waals surface area contributed by atoms with Crippen molar-refractivity contribution in [2.75, 3.05) is 5.73 Å². The molecule has 2 N–H and O–H groups in total. The number of anilines is 1. The number of aromatic nitrogens is 2. The summed E-state index contributed by atoms with van der Waals surface area (Å²) >= 11 is 0. The molecule has 2 rings (SSSR count). The van der Waals surface area contributed by atoms with Gasteiger partial charge in [-0.1, -0.05) is 0 Å². The third-order valence-electron chi connectivity index (χ3n) is 2.76. The van der Waals surface area contributed by atoms with Gasteiger partial charge in [-0.15, -0.1) is 0 Å². The molecular formula is C15H21N3O. The Hall–Kier alpha value is -1.97. The van der Waals surface area contributed by atoms with E-state index in [1.54, 1.807) is 0 Å². The first-order valence-electron chi connectivity index (χ1n) is 6.58. The summed E-state index contributed by atoms with van der Waals surface area (Å²) in [5, 5.41) is 4.35. The monoisotopic (exact) mass is 259 g/mol. The van der Waals surface area contributed by atoms with E-state index in [1.165, 1.54) is 0 Å². The second kappa shape index (κ2) is 5.34. The van der Waals surface area contributed by atoms with E-state index in [0.29, 0.717) is 11.7 Å². The van der Waals surface area contributed by atoms with Crippen LogP contribution in [0.4, 0.5) is 5.69 Å². The highest BCUT2D eigenvalue weighted by Crippen LogP contribution is 2.29. The van der Waals surface area contributed by atoms with Crippen LogP contribution in [0.1, 0.15) is 33.7 Å². The van der Waals surface area contributed by atoms with Crippen LogP contribution in [0.3, 0.4) is 0 Å². The van der Waals surface area contributed by atoms with Crippen molar-refractivity contribution in [2.45, 2.75) is 39.8 Å². The predicted molar refractivity (Wildman–Crippen MR) is 78.2 cm³/mol. The highest BCUT2D eigenvalue weighted by Gasteiger charge is 2.10. The Morgan fingerprint density at radius 3 is 2.53 bits per heavy atom. The van der Waals surface area contributed by atoms with Gasteiger partial charge < -0.3 is 10.5 Å². The molecule has 0 aliphatic heterocycles. The van der Waals surface area contributed by atoms with Gasteiger partial charge in [0.1, 0.15) is 5.75 Å². The molecule has 0 bridgehead atoms. The second-order valence-electron chi connectivity index (χ2n) is 5.21. The first-order valence-corrected chi connectivity index (χ1v) is 6.58. The fourth-order valence-electron chi connectivity index (χ4n) is 2.06. The summed E-state index contributed by atoms with van der Waals surface area (Å²) in [7, 11) is 0. The van der Waals surface area contributed by atoms with Gasteiger partial charge in [-0.05, 0) is 45.9 Å². The van der Waals surface area contributed by atoms with Gasteiger partial charge in [0, 0.05) is 29.6 Å². The van der Waals surface area contributed by atoms with Gasteiger partial charge >= 0.3 is 0 Å². The molecular weight excluding hydrogens is 238 g/mol. The first-order chi connectivity index (χ1) is 8.97. The van der Waals surface area contributed by atoms with Crippen LogP contribution in [-0.2, 0) is 0 Å². The van der Waals surface area contributed by atoms with E-state index < -0.39 is 0 Å². The first kappa shape index (κ1) is 13.5. The van der Waals surface area contributed by atoms with Crippen molar-refractivity contribution in [1.29, 1.82) is 0 Å². The largest absolute Gasteiger partial charge is 0.491 e. The SMILES string of the molecule is CC(C)Oc1cc(N)cc(-c2ccnn2C(C)C)c1. The molecule has 0 saturated heterocycles. The molecule has 1 aromatic heterocycles. The standard InChI is InChI=1S/C15H21N3O/c1-10(2)18-15(5-6-17-18)12-7-13(16)9-14(8-12)19-11(3)4/h5-11H,16H2,1-4H3. The van der Waals surface area contributed by atoms with Crippen LogP contribution < -0.4 is 10.5 Å². The van der Waals surface area contributed by atoms with E-state index in [1.807, 2.05) is 49.0 Å². The van der Waals surface area contributed by atoms with Crippen molar-refractivity contribution in [1.82, 2.24) is 9.78 Å². The van der Waals surface area contributed by atoms with Gasteiger partial charge in [-0.3, -0.25) is 4.68 Å². The van der Waals surface area contributed by atoms with E-state index in [2.05, 4.69) is 18.9 Å². The molecule has 4 nitrogen and oxygen atoms in total. The molecule has 0 atom stereocenters. The average Bonchev–Trinajstić information content (AvgIpc) is 2.75. The predicted octanol–water partition coefficient (Wildman–Crippen LogP) is 3.50. The van der Waals surface area contributed by atoms with Crippen molar-refractivity contribution in [3.05, 3.63) is 30.5 Å². The maximum atomic E-state index is 5.96. The Kier molecular flexibility index (Phi) is 3.79. The van der Waals surface area contributed by atoms with E-state index in [4.69, 9.17) is 10.5 Å². The quantitative estimate of drug-likeness (QED) is 0.855. The van der Waals surface area contributed by atoms with Gasteiger partial charge in [0.05, 0.1) is 11.8 Å². The summed E-state index contributed by atoms with van der Waals surface area (Å²) in [6.07, 6.45) is 1.94. The van der Waals surface area contributed by atoms with Gasteiger partial charge in [0.25, 0.3) is 0 Å². The van der Waals surface area contributed by atoms with E-state index >= 15 is 0 Å². The minimum Gasteiger partial charge on any atom is -0.491 e. The smallest absolute Gasteiger partial charge is 0.122 e. The number of ether oxygens (including phenoxy) is 1. The summed E-state index contributed by atoms with van der Waals surface area (Å²) in [4.78, 5) is 0. The molecule has 0 aliphatic rings. The minimum atomic E-state index is 0.129. The number of nitrogen functional groups attached to an aromatic ring is 1. The fourth-order valence-corrected chi connectivity index (χ4v) is 2.06. The lowest BCUT2D eigenvalue weighted by molar-refractivity contribution is 0.242. The fraction of sp³-hybridized carbons (Fsp3) is 0.400. The zero-order valence-electron chi connectivity index (χ0n) is 11.9. The molecule has 2 aromatic rings. The van der Waals surface area contributed by atoms with E-state index in [0.717, 1.165) is 17.0 Å². The lowest BCUT2D eigenvalue weighted by Crippen LogP contribution is -2.07. The molecule has 0 saturated carbocycles. The number of hydrogen-bond donors (Lipinski definition) is 1. The molecule has 0 spiro atoms. The number of nitrogens with two attached hydrogens (primary N) is 1. The second-order valence-corrected chi connectivity index (χ2v) is 5.21.